The topological polar surface area (TPSA) is 55.8 Å². The molecular weight excluding hydrogens is 294 g/mol. The van der Waals surface area contributed by atoms with E-state index in [1.165, 1.54) is 0 Å². The van der Waals surface area contributed by atoms with Crippen molar-refractivity contribution in [1.29, 1.82) is 0 Å². The summed E-state index contributed by atoms with van der Waals surface area (Å²) in [6, 6.07) is 9.71. The van der Waals surface area contributed by atoms with Crippen LogP contribution in [0.4, 0.5) is 0 Å². The number of amides is 1. The number of carbonyl (C=O) groups is 2. The van der Waals surface area contributed by atoms with E-state index in [-0.39, 0.29) is 25.2 Å². The maximum atomic E-state index is 12.3. The van der Waals surface area contributed by atoms with Crippen molar-refractivity contribution in [1.82, 2.24) is 4.90 Å². The monoisotopic (exact) mass is 319 g/mol. The molecule has 1 unspecified atom stereocenters. The van der Waals surface area contributed by atoms with Crippen LogP contribution in [0, 0.1) is 0 Å². The molecule has 0 aliphatic heterocycles. The summed E-state index contributed by atoms with van der Waals surface area (Å²) in [5, 5.41) is 0. The van der Waals surface area contributed by atoms with Gasteiger partial charge in [0.1, 0.15) is 0 Å². The van der Waals surface area contributed by atoms with E-state index < -0.39 is 12.1 Å². The third kappa shape index (κ3) is 6.65. The largest absolute Gasteiger partial charge is 0.454 e. The second-order valence-electron chi connectivity index (χ2n) is 5.47. The summed E-state index contributed by atoms with van der Waals surface area (Å²) in [7, 11) is 0. The average Bonchev–Trinajstić information content (AvgIpc) is 2.55. The molecule has 1 amide bonds. The van der Waals surface area contributed by atoms with Gasteiger partial charge >= 0.3 is 5.97 Å². The zero-order valence-corrected chi connectivity index (χ0v) is 14.0. The second-order valence-corrected chi connectivity index (χ2v) is 5.47. The van der Waals surface area contributed by atoms with Crippen molar-refractivity contribution in [3.63, 3.8) is 0 Å². The van der Waals surface area contributed by atoms with Crippen LogP contribution in [0.25, 0.3) is 0 Å². The van der Waals surface area contributed by atoms with Gasteiger partial charge in [0.2, 0.25) is 0 Å². The van der Waals surface area contributed by atoms with Gasteiger partial charge in [-0.2, -0.15) is 0 Å². The number of benzene rings is 1. The molecule has 0 aliphatic rings. The van der Waals surface area contributed by atoms with E-state index in [9.17, 15) is 9.59 Å². The first kappa shape index (κ1) is 18.9. The van der Waals surface area contributed by atoms with Gasteiger partial charge in [-0.05, 0) is 26.3 Å². The highest BCUT2D eigenvalue weighted by Crippen LogP contribution is 2.09. The fraction of sp³-hybridized carbons (Fsp3) is 0.444. The van der Waals surface area contributed by atoms with Gasteiger partial charge in [-0.3, -0.25) is 4.79 Å². The summed E-state index contributed by atoms with van der Waals surface area (Å²) in [6.45, 7) is 9.41. The number of carbonyl (C=O) groups excluding carboxylic acids is 2. The second kappa shape index (κ2) is 9.79. The highest BCUT2D eigenvalue weighted by molar-refractivity contribution is 5.82. The Morgan fingerprint density at radius 2 is 1.87 bits per heavy atom. The molecule has 0 aliphatic carbocycles. The lowest BCUT2D eigenvalue weighted by molar-refractivity contribution is -0.161. The van der Waals surface area contributed by atoms with Crippen molar-refractivity contribution >= 4 is 11.9 Å². The molecular formula is C18H25NO4. The molecule has 1 aromatic carbocycles. The van der Waals surface area contributed by atoms with Crippen LogP contribution in [0.2, 0.25) is 0 Å². The minimum atomic E-state index is -0.720. The lowest BCUT2D eigenvalue weighted by atomic mass is 10.2. The summed E-state index contributed by atoms with van der Waals surface area (Å²) in [5.41, 5.74) is 1.03. The molecule has 0 radical (unpaired) electrons. The Kier molecular flexibility index (Phi) is 8.05. The van der Waals surface area contributed by atoms with E-state index >= 15 is 0 Å². The summed E-state index contributed by atoms with van der Waals surface area (Å²) < 4.78 is 10.2. The highest BCUT2D eigenvalue weighted by atomic mass is 16.6. The van der Waals surface area contributed by atoms with E-state index in [0.717, 1.165) is 5.56 Å². The van der Waals surface area contributed by atoms with Crippen molar-refractivity contribution in [2.24, 2.45) is 0 Å². The van der Waals surface area contributed by atoms with Crippen LogP contribution in [0.5, 0.6) is 0 Å². The van der Waals surface area contributed by atoms with Gasteiger partial charge < -0.3 is 14.4 Å². The number of rotatable bonds is 9. The molecule has 5 heteroatoms. The molecule has 0 spiro atoms. The molecule has 1 rings (SSSR count). The predicted octanol–water partition coefficient (Wildman–Crippen LogP) is 2.56. The first-order valence-corrected chi connectivity index (χ1v) is 7.68. The molecule has 0 fully saturated rings. The Hall–Kier alpha value is -2.14. The van der Waals surface area contributed by atoms with E-state index in [1.54, 1.807) is 17.9 Å². The highest BCUT2D eigenvalue weighted by Gasteiger charge is 2.21. The maximum absolute atomic E-state index is 12.3. The number of hydrogen-bond acceptors (Lipinski definition) is 4. The normalized spacial score (nSPS) is 11.8. The van der Waals surface area contributed by atoms with Crippen LogP contribution in [0.1, 0.15) is 26.3 Å². The number of ether oxygens (including phenoxy) is 2. The average molecular weight is 319 g/mol. The van der Waals surface area contributed by atoms with Gasteiger partial charge in [-0.1, -0.05) is 36.4 Å². The van der Waals surface area contributed by atoms with Crippen LogP contribution in [-0.2, 0) is 25.6 Å². The Bertz CT molecular complexity index is 513. The van der Waals surface area contributed by atoms with Crippen molar-refractivity contribution in [3.8, 4) is 0 Å². The first-order valence-electron chi connectivity index (χ1n) is 7.68. The standard InChI is InChI=1S/C18H25NO4/c1-5-11-22-15(4)18(21)23-13-17(20)19(14(2)3)12-16-9-7-6-8-10-16/h5-10,14-15H,1,11-13H2,2-4H3. The minimum Gasteiger partial charge on any atom is -0.454 e. The van der Waals surface area contributed by atoms with E-state index in [0.29, 0.717) is 6.54 Å². The van der Waals surface area contributed by atoms with Crippen molar-refractivity contribution in [2.75, 3.05) is 13.2 Å². The Balaban J connectivity index is 2.55. The SMILES string of the molecule is C=CCOC(C)C(=O)OCC(=O)N(Cc1ccccc1)C(C)C. The predicted molar refractivity (Wildman–Crippen MR) is 88.7 cm³/mol. The minimum absolute atomic E-state index is 0.0100. The molecule has 1 atom stereocenters. The van der Waals surface area contributed by atoms with Gasteiger partial charge in [0.05, 0.1) is 6.61 Å². The molecule has 0 bridgehead atoms. The third-order valence-corrected chi connectivity index (χ3v) is 3.27. The van der Waals surface area contributed by atoms with Gasteiger partial charge in [0, 0.05) is 12.6 Å². The fourth-order valence-corrected chi connectivity index (χ4v) is 1.95. The van der Waals surface area contributed by atoms with Crippen LogP contribution >= 0.6 is 0 Å². The zero-order chi connectivity index (χ0) is 17.2. The van der Waals surface area contributed by atoms with E-state index in [1.807, 2.05) is 44.2 Å². The first-order chi connectivity index (χ1) is 11.0. The quantitative estimate of drug-likeness (QED) is 0.518. The maximum Gasteiger partial charge on any atom is 0.335 e. The lowest BCUT2D eigenvalue weighted by Gasteiger charge is -2.27. The summed E-state index contributed by atoms with van der Waals surface area (Å²) in [6.07, 6.45) is 0.831. The summed E-state index contributed by atoms with van der Waals surface area (Å²) >= 11 is 0. The lowest BCUT2D eigenvalue weighted by Crippen LogP contribution is -2.40. The van der Waals surface area contributed by atoms with Gasteiger partial charge in [-0.25, -0.2) is 4.79 Å². The number of esters is 1. The molecule has 126 valence electrons. The zero-order valence-electron chi connectivity index (χ0n) is 14.0. The van der Waals surface area contributed by atoms with E-state index in [2.05, 4.69) is 6.58 Å². The number of hydrogen-bond donors (Lipinski definition) is 0. The van der Waals surface area contributed by atoms with Crippen molar-refractivity contribution in [2.45, 2.75) is 39.5 Å². The molecule has 1 aromatic rings. The number of nitrogens with zero attached hydrogens (tertiary/aromatic N) is 1. The van der Waals surface area contributed by atoms with Crippen LogP contribution in [0.15, 0.2) is 43.0 Å². The van der Waals surface area contributed by atoms with E-state index in [4.69, 9.17) is 9.47 Å². The summed E-state index contributed by atoms with van der Waals surface area (Å²) in [5.74, 6) is -0.781. The van der Waals surface area contributed by atoms with Gasteiger partial charge in [-0.15, -0.1) is 6.58 Å². The van der Waals surface area contributed by atoms with Crippen LogP contribution in [-0.4, -0.2) is 42.1 Å². The Morgan fingerprint density at radius 3 is 2.43 bits per heavy atom. The van der Waals surface area contributed by atoms with Crippen LogP contribution in [0.3, 0.4) is 0 Å². The molecule has 5 nitrogen and oxygen atoms in total. The Labute approximate surface area is 137 Å². The summed E-state index contributed by atoms with van der Waals surface area (Å²) in [4.78, 5) is 25.8. The molecule has 0 saturated heterocycles. The Morgan fingerprint density at radius 1 is 1.22 bits per heavy atom. The molecule has 0 heterocycles. The van der Waals surface area contributed by atoms with Crippen molar-refractivity contribution < 1.29 is 19.1 Å². The molecule has 23 heavy (non-hydrogen) atoms. The molecule has 0 N–H and O–H groups in total. The van der Waals surface area contributed by atoms with Gasteiger partial charge in [0.25, 0.3) is 5.91 Å². The molecule has 0 aromatic heterocycles. The van der Waals surface area contributed by atoms with Crippen LogP contribution < -0.4 is 0 Å². The smallest absolute Gasteiger partial charge is 0.335 e. The molecule has 0 saturated carbocycles. The van der Waals surface area contributed by atoms with Crippen molar-refractivity contribution in [3.05, 3.63) is 48.6 Å². The van der Waals surface area contributed by atoms with Gasteiger partial charge in [0.15, 0.2) is 12.7 Å². The third-order valence-electron chi connectivity index (χ3n) is 3.27. The fourth-order valence-electron chi connectivity index (χ4n) is 1.95.